The zero-order valence-corrected chi connectivity index (χ0v) is 16.5. The van der Waals surface area contributed by atoms with Crippen LogP contribution in [0.3, 0.4) is 0 Å². The van der Waals surface area contributed by atoms with Crippen molar-refractivity contribution in [1.29, 1.82) is 0 Å². The lowest BCUT2D eigenvalue weighted by molar-refractivity contribution is -0.139. The molecular formula is C18H24N4O4S. The van der Waals surface area contributed by atoms with E-state index in [9.17, 15) is 9.59 Å². The number of hydrogen-bond acceptors (Lipinski definition) is 8. The molecule has 3 rings (SSSR count). The Balaban J connectivity index is 1.73. The number of likely N-dealkylation sites (N-methyl/N-ethyl adjacent to an activating group) is 1. The second-order valence-electron chi connectivity index (χ2n) is 6.60. The summed E-state index contributed by atoms with van der Waals surface area (Å²) in [7, 11) is 0. The van der Waals surface area contributed by atoms with Gasteiger partial charge in [-0.25, -0.2) is 14.8 Å². The standard InChI is InChI=1S/C18H24N4O4S/c1-4-22(8-13(23)24)12-6-11(7-12)21-16-14-10(3)15(18(25)26-5-2)27-17(14)20-9-19-16/h9,11-12H,4-8H2,1-3H3,(H,23,24)(H,19,20,21). The van der Waals surface area contributed by atoms with Crippen molar-refractivity contribution in [2.24, 2.45) is 0 Å². The molecule has 9 heteroatoms. The second-order valence-corrected chi connectivity index (χ2v) is 7.60. The molecule has 2 N–H and O–H groups in total. The molecule has 1 aliphatic carbocycles. The van der Waals surface area contributed by atoms with E-state index in [1.807, 2.05) is 18.7 Å². The Morgan fingerprint density at radius 1 is 1.37 bits per heavy atom. The number of carboxylic acid groups (broad SMARTS) is 1. The van der Waals surface area contributed by atoms with Crippen LogP contribution in [0.1, 0.15) is 41.9 Å². The number of nitrogens with one attached hydrogen (secondary N) is 1. The molecule has 0 aliphatic heterocycles. The van der Waals surface area contributed by atoms with E-state index < -0.39 is 5.97 Å². The third-order valence-corrected chi connectivity index (χ3v) is 6.08. The van der Waals surface area contributed by atoms with Crippen molar-refractivity contribution in [1.82, 2.24) is 14.9 Å². The Morgan fingerprint density at radius 3 is 2.74 bits per heavy atom. The molecule has 1 aliphatic rings. The smallest absolute Gasteiger partial charge is 0.348 e. The maximum Gasteiger partial charge on any atom is 0.348 e. The highest BCUT2D eigenvalue weighted by Gasteiger charge is 2.34. The first-order valence-corrected chi connectivity index (χ1v) is 9.89. The highest BCUT2D eigenvalue weighted by Crippen LogP contribution is 2.36. The molecule has 1 saturated carbocycles. The summed E-state index contributed by atoms with van der Waals surface area (Å²) >= 11 is 1.32. The van der Waals surface area contributed by atoms with Gasteiger partial charge in [0.15, 0.2) is 0 Å². The lowest BCUT2D eigenvalue weighted by atomic mass is 9.85. The van der Waals surface area contributed by atoms with Gasteiger partial charge in [-0.3, -0.25) is 9.69 Å². The maximum absolute atomic E-state index is 12.1. The summed E-state index contributed by atoms with van der Waals surface area (Å²) in [5.41, 5.74) is 0.827. The maximum atomic E-state index is 12.1. The van der Waals surface area contributed by atoms with Gasteiger partial charge >= 0.3 is 11.9 Å². The molecule has 0 spiro atoms. The van der Waals surface area contributed by atoms with Gasteiger partial charge in [0.1, 0.15) is 21.9 Å². The summed E-state index contributed by atoms with van der Waals surface area (Å²) in [6, 6.07) is 0.487. The number of fused-ring (bicyclic) bond motifs is 1. The number of carboxylic acids is 1. The lowest BCUT2D eigenvalue weighted by Gasteiger charge is -2.42. The number of nitrogens with zero attached hydrogens (tertiary/aromatic N) is 3. The molecule has 0 aromatic carbocycles. The van der Waals surface area contributed by atoms with Crippen molar-refractivity contribution in [2.75, 3.05) is 25.0 Å². The Morgan fingerprint density at radius 2 is 2.11 bits per heavy atom. The van der Waals surface area contributed by atoms with Crippen molar-refractivity contribution >= 4 is 39.3 Å². The van der Waals surface area contributed by atoms with Crippen molar-refractivity contribution < 1.29 is 19.4 Å². The number of rotatable bonds is 8. The fourth-order valence-electron chi connectivity index (χ4n) is 3.44. The van der Waals surface area contributed by atoms with E-state index in [1.165, 1.54) is 17.7 Å². The minimum absolute atomic E-state index is 0.0676. The fourth-order valence-corrected chi connectivity index (χ4v) is 4.48. The number of aryl methyl sites for hydroxylation is 1. The first-order valence-electron chi connectivity index (χ1n) is 9.08. The minimum Gasteiger partial charge on any atom is -0.480 e. The monoisotopic (exact) mass is 392 g/mol. The third-order valence-electron chi connectivity index (χ3n) is 4.90. The zero-order chi connectivity index (χ0) is 19.6. The highest BCUT2D eigenvalue weighted by atomic mass is 32.1. The van der Waals surface area contributed by atoms with Gasteiger partial charge in [-0.2, -0.15) is 0 Å². The van der Waals surface area contributed by atoms with E-state index in [0.29, 0.717) is 23.8 Å². The van der Waals surface area contributed by atoms with Crippen LogP contribution >= 0.6 is 11.3 Å². The minimum atomic E-state index is -0.800. The van der Waals surface area contributed by atoms with E-state index in [1.54, 1.807) is 6.92 Å². The molecule has 2 heterocycles. The fraction of sp³-hybridized carbons (Fsp3) is 0.556. The first-order chi connectivity index (χ1) is 12.9. The van der Waals surface area contributed by atoms with Crippen LogP contribution in [0.2, 0.25) is 0 Å². The molecule has 0 amide bonds. The van der Waals surface area contributed by atoms with Crippen LogP contribution in [0.4, 0.5) is 5.82 Å². The van der Waals surface area contributed by atoms with E-state index in [0.717, 1.165) is 28.6 Å². The average molecular weight is 392 g/mol. The predicted molar refractivity (Wildman–Crippen MR) is 103 cm³/mol. The van der Waals surface area contributed by atoms with Gasteiger partial charge in [0, 0.05) is 12.1 Å². The second kappa shape index (κ2) is 8.18. The molecule has 0 atom stereocenters. The molecule has 146 valence electrons. The van der Waals surface area contributed by atoms with Crippen LogP contribution in [0, 0.1) is 6.92 Å². The number of carbonyl (C=O) groups excluding carboxylic acids is 1. The zero-order valence-electron chi connectivity index (χ0n) is 15.7. The number of aliphatic carboxylic acids is 1. The number of hydrogen-bond donors (Lipinski definition) is 2. The van der Waals surface area contributed by atoms with E-state index >= 15 is 0 Å². The lowest BCUT2D eigenvalue weighted by Crippen LogP contribution is -2.51. The summed E-state index contributed by atoms with van der Waals surface area (Å²) in [5, 5.41) is 13.3. The summed E-state index contributed by atoms with van der Waals surface area (Å²) in [6.07, 6.45) is 3.22. The van der Waals surface area contributed by atoms with Gasteiger partial charge in [0.05, 0.1) is 18.5 Å². The normalized spacial score (nSPS) is 19.1. The number of esters is 1. The molecule has 8 nitrogen and oxygen atoms in total. The summed E-state index contributed by atoms with van der Waals surface area (Å²) in [5.74, 6) is -0.417. The first kappa shape index (κ1) is 19.5. The Hall–Kier alpha value is -2.26. The largest absolute Gasteiger partial charge is 0.480 e. The number of aromatic nitrogens is 2. The van der Waals surface area contributed by atoms with Gasteiger partial charge in [-0.15, -0.1) is 11.3 Å². The van der Waals surface area contributed by atoms with Crippen LogP contribution in [-0.4, -0.2) is 63.7 Å². The molecule has 0 unspecified atom stereocenters. The SMILES string of the molecule is CCOC(=O)c1sc2ncnc(NC3CC(N(CC)CC(=O)O)C3)c2c1C. The number of ether oxygens (including phenoxy) is 1. The number of anilines is 1. The van der Waals surface area contributed by atoms with Crippen LogP contribution in [0.5, 0.6) is 0 Å². The predicted octanol–water partition coefficient (Wildman–Crippen LogP) is 2.53. The van der Waals surface area contributed by atoms with Crippen molar-refractivity contribution in [2.45, 2.75) is 45.7 Å². The highest BCUT2D eigenvalue weighted by molar-refractivity contribution is 7.20. The van der Waals surface area contributed by atoms with Crippen LogP contribution < -0.4 is 5.32 Å². The number of thiophene rings is 1. The average Bonchev–Trinajstić information content (AvgIpc) is 2.94. The van der Waals surface area contributed by atoms with Gasteiger partial charge in [-0.05, 0) is 38.8 Å². The van der Waals surface area contributed by atoms with Crippen LogP contribution in [0.25, 0.3) is 10.2 Å². The Kier molecular flexibility index (Phi) is 5.91. The molecule has 1 fully saturated rings. The molecule has 2 aromatic rings. The Labute approximate surface area is 161 Å². The van der Waals surface area contributed by atoms with Gasteiger partial charge in [0.2, 0.25) is 0 Å². The molecule has 27 heavy (non-hydrogen) atoms. The van der Waals surface area contributed by atoms with Gasteiger partial charge < -0.3 is 15.2 Å². The summed E-state index contributed by atoms with van der Waals surface area (Å²) in [4.78, 5) is 35.1. The summed E-state index contributed by atoms with van der Waals surface area (Å²) in [6.45, 7) is 6.76. The number of carbonyl (C=O) groups is 2. The van der Waals surface area contributed by atoms with Gasteiger partial charge in [0.25, 0.3) is 0 Å². The van der Waals surface area contributed by atoms with E-state index in [-0.39, 0.29) is 24.6 Å². The molecule has 0 saturated heterocycles. The van der Waals surface area contributed by atoms with Crippen molar-refractivity contribution in [3.63, 3.8) is 0 Å². The third kappa shape index (κ3) is 4.03. The Bertz CT molecular complexity index is 847. The molecule has 0 radical (unpaired) electrons. The molecule has 0 bridgehead atoms. The van der Waals surface area contributed by atoms with Crippen molar-refractivity contribution in [3.8, 4) is 0 Å². The van der Waals surface area contributed by atoms with E-state index in [4.69, 9.17) is 9.84 Å². The van der Waals surface area contributed by atoms with Crippen LogP contribution in [-0.2, 0) is 9.53 Å². The topological polar surface area (TPSA) is 105 Å². The van der Waals surface area contributed by atoms with E-state index in [2.05, 4.69) is 15.3 Å². The molecule has 2 aromatic heterocycles. The summed E-state index contributed by atoms with van der Waals surface area (Å²) < 4.78 is 5.13. The quantitative estimate of drug-likeness (QED) is 0.661. The van der Waals surface area contributed by atoms with Crippen molar-refractivity contribution in [3.05, 3.63) is 16.8 Å². The van der Waals surface area contributed by atoms with Gasteiger partial charge in [-0.1, -0.05) is 6.92 Å². The van der Waals surface area contributed by atoms with Crippen LogP contribution in [0.15, 0.2) is 6.33 Å². The molecular weight excluding hydrogens is 368 g/mol.